The fraction of sp³-hybridized carbons (Fsp3) is 0.667. The second kappa shape index (κ2) is 8.22. The molecule has 2 fully saturated rings. The van der Waals surface area contributed by atoms with Crippen molar-refractivity contribution < 1.29 is 18.8 Å². The van der Waals surface area contributed by atoms with Crippen LogP contribution >= 0.6 is 0 Å². The predicted molar refractivity (Wildman–Crippen MR) is 98.8 cm³/mol. The zero-order valence-electron chi connectivity index (χ0n) is 15.7. The summed E-state index contributed by atoms with van der Waals surface area (Å²) >= 11 is 0. The van der Waals surface area contributed by atoms with Crippen molar-refractivity contribution >= 4 is 5.97 Å². The third kappa shape index (κ3) is 4.35. The summed E-state index contributed by atoms with van der Waals surface area (Å²) in [5.74, 6) is 1.11. The molecular weight excluding hydrogens is 314 g/mol. The SMILES string of the molecule is CCCOc1ccc(C(=O)OC[C@@H]2CCC[N+]3(C)CCCCC23)cc1. The standard InChI is InChI=1S/C21H32NO3/c1-3-15-24-19-11-9-17(10-12-19)21(23)25-16-18-7-6-14-22(2)13-5-4-8-20(18)22/h9-12,18,20H,3-8,13-16H2,1-2H3/q+1/t18-,20?,22?/m0/s1. The number of benzene rings is 1. The van der Waals surface area contributed by atoms with E-state index in [-0.39, 0.29) is 5.97 Å². The maximum Gasteiger partial charge on any atom is 0.338 e. The molecule has 25 heavy (non-hydrogen) atoms. The van der Waals surface area contributed by atoms with Gasteiger partial charge in [-0.25, -0.2) is 4.79 Å². The third-order valence-corrected chi connectivity index (χ3v) is 6.00. The second-order valence-electron chi connectivity index (χ2n) is 7.86. The molecule has 0 bridgehead atoms. The van der Waals surface area contributed by atoms with Crippen molar-refractivity contribution in [2.24, 2.45) is 5.92 Å². The van der Waals surface area contributed by atoms with E-state index < -0.39 is 0 Å². The first kappa shape index (κ1) is 18.2. The minimum atomic E-state index is -0.211. The molecule has 2 heterocycles. The molecule has 2 aliphatic heterocycles. The van der Waals surface area contributed by atoms with Gasteiger partial charge in [0.25, 0.3) is 0 Å². The van der Waals surface area contributed by atoms with Crippen molar-refractivity contribution in [3.05, 3.63) is 29.8 Å². The van der Waals surface area contributed by atoms with Crippen molar-refractivity contribution in [3.63, 3.8) is 0 Å². The van der Waals surface area contributed by atoms with Gasteiger partial charge in [-0.05, 0) is 56.4 Å². The highest BCUT2D eigenvalue weighted by Crippen LogP contribution is 2.36. The number of fused-ring (bicyclic) bond motifs is 1. The van der Waals surface area contributed by atoms with Crippen LogP contribution in [0.25, 0.3) is 0 Å². The number of piperidine rings is 2. The van der Waals surface area contributed by atoms with Crippen LogP contribution in [0.2, 0.25) is 0 Å². The van der Waals surface area contributed by atoms with Crippen molar-refractivity contribution in [2.45, 2.75) is 51.5 Å². The van der Waals surface area contributed by atoms with Crippen LogP contribution in [-0.2, 0) is 4.74 Å². The monoisotopic (exact) mass is 346 g/mol. The average molecular weight is 346 g/mol. The van der Waals surface area contributed by atoms with Gasteiger partial charge in [-0.15, -0.1) is 0 Å². The van der Waals surface area contributed by atoms with Crippen LogP contribution < -0.4 is 4.74 Å². The Morgan fingerprint density at radius 3 is 2.64 bits per heavy atom. The first-order valence-electron chi connectivity index (χ1n) is 9.86. The van der Waals surface area contributed by atoms with Crippen LogP contribution in [0.1, 0.15) is 55.8 Å². The Morgan fingerprint density at radius 2 is 1.88 bits per heavy atom. The summed E-state index contributed by atoms with van der Waals surface area (Å²) in [5, 5.41) is 0. The topological polar surface area (TPSA) is 35.5 Å². The number of quaternary nitrogens is 1. The van der Waals surface area contributed by atoms with E-state index in [0.717, 1.165) is 12.2 Å². The Labute approximate surface area is 151 Å². The number of hydrogen-bond donors (Lipinski definition) is 0. The van der Waals surface area contributed by atoms with Gasteiger partial charge < -0.3 is 14.0 Å². The molecule has 3 atom stereocenters. The van der Waals surface area contributed by atoms with Crippen molar-refractivity contribution in [3.8, 4) is 5.75 Å². The van der Waals surface area contributed by atoms with Crippen molar-refractivity contribution in [2.75, 3.05) is 33.4 Å². The summed E-state index contributed by atoms with van der Waals surface area (Å²) < 4.78 is 12.4. The molecule has 4 heteroatoms. The van der Waals surface area contributed by atoms with Gasteiger partial charge in [-0.2, -0.15) is 0 Å². The van der Waals surface area contributed by atoms with E-state index >= 15 is 0 Å². The molecule has 1 aromatic rings. The number of hydrogen-bond acceptors (Lipinski definition) is 3. The van der Waals surface area contributed by atoms with Crippen LogP contribution in [-0.4, -0.2) is 49.8 Å². The molecule has 0 aliphatic carbocycles. The molecule has 0 amide bonds. The largest absolute Gasteiger partial charge is 0.494 e. The summed E-state index contributed by atoms with van der Waals surface area (Å²) in [6, 6.07) is 7.97. The number of esters is 1. The minimum absolute atomic E-state index is 0.211. The van der Waals surface area contributed by atoms with Gasteiger partial charge in [0.15, 0.2) is 0 Å². The smallest absolute Gasteiger partial charge is 0.338 e. The van der Waals surface area contributed by atoms with Crippen LogP contribution in [0.4, 0.5) is 0 Å². The molecule has 2 aliphatic rings. The van der Waals surface area contributed by atoms with Gasteiger partial charge in [0.05, 0.1) is 38.3 Å². The van der Waals surface area contributed by atoms with Gasteiger partial charge in [0.2, 0.25) is 0 Å². The Morgan fingerprint density at radius 1 is 1.12 bits per heavy atom. The Balaban J connectivity index is 1.54. The van der Waals surface area contributed by atoms with Gasteiger partial charge in [0.1, 0.15) is 12.4 Å². The third-order valence-electron chi connectivity index (χ3n) is 6.00. The molecule has 0 N–H and O–H groups in total. The molecule has 0 spiro atoms. The molecule has 1 aromatic carbocycles. The highest BCUT2D eigenvalue weighted by Gasteiger charge is 2.43. The number of nitrogens with zero attached hydrogens (tertiary/aromatic N) is 1. The summed E-state index contributed by atoms with van der Waals surface area (Å²) in [5.41, 5.74) is 0.612. The molecular formula is C21H32NO3+. The molecule has 2 saturated heterocycles. The number of rotatable bonds is 6. The zero-order chi connectivity index (χ0) is 17.7. The molecule has 138 valence electrons. The zero-order valence-corrected chi connectivity index (χ0v) is 15.7. The van der Waals surface area contributed by atoms with Crippen molar-refractivity contribution in [1.82, 2.24) is 0 Å². The normalized spacial score (nSPS) is 28.9. The summed E-state index contributed by atoms with van der Waals surface area (Å²) in [6.45, 7) is 5.91. The maximum absolute atomic E-state index is 12.4. The highest BCUT2D eigenvalue weighted by molar-refractivity contribution is 5.89. The lowest BCUT2D eigenvalue weighted by Gasteiger charge is -2.51. The lowest BCUT2D eigenvalue weighted by atomic mass is 9.82. The van der Waals surface area contributed by atoms with Crippen LogP contribution in [0.15, 0.2) is 24.3 Å². The first-order chi connectivity index (χ1) is 12.1. The summed E-state index contributed by atoms with van der Waals surface area (Å²) in [4.78, 5) is 12.4. The van der Waals surface area contributed by atoms with Crippen LogP contribution in [0.3, 0.4) is 0 Å². The van der Waals surface area contributed by atoms with E-state index in [4.69, 9.17) is 9.47 Å². The average Bonchev–Trinajstić information content (AvgIpc) is 2.64. The Kier molecular flexibility index (Phi) is 6.00. The minimum Gasteiger partial charge on any atom is -0.494 e. The number of carbonyl (C=O) groups is 1. The van der Waals surface area contributed by atoms with E-state index in [2.05, 4.69) is 14.0 Å². The van der Waals surface area contributed by atoms with Gasteiger partial charge in [-0.1, -0.05) is 6.92 Å². The van der Waals surface area contributed by atoms with E-state index in [9.17, 15) is 4.79 Å². The van der Waals surface area contributed by atoms with Crippen LogP contribution in [0, 0.1) is 5.92 Å². The maximum atomic E-state index is 12.4. The number of ether oxygens (including phenoxy) is 2. The fourth-order valence-electron chi connectivity index (χ4n) is 4.60. The van der Waals surface area contributed by atoms with Crippen molar-refractivity contribution in [1.29, 1.82) is 0 Å². The van der Waals surface area contributed by atoms with E-state index in [1.807, 2.05) is 12.1 Å². The van der Waals surface area contributed by atoms with E-state index in [1.165, 1.54) is 49.7 Å². The molecule has 0 aromatic heterocycles. The molecule has 0 saturated carbocycles. The fourth-order valence-corrected chi connectivity index (χ4v) is 4.60. The Hall–Kier alpha value is -1.55. The first-order valence-corrected chi connectivity index (χ1v) is 9.86. The lowest BCUT2D eigenvalue weighted by Crippen LogP contribution is -2.61. The van der Waals surface area contributed by atoms with Crippen LogP contribution in [0.5, 0.6) is 5.75 Å². The quantitative estimate of drug-likeness (QED) is 0.576. The predicted octanol–water partition coefficient (Wildman–Crippen LogP) is 4.04. The molecule has 2 unspecified atom stereocenters. The summed E-state index contributed by atoms with van der Waals surface area (Å²) in [6.07, 6.45) is 7.36. The van der Waals surface area contributed by atoms with Gasteiger partial charge in [-0.3, -0.25) is 0 Å². The summed E-state index contributed by atoms with van der Waals surface area (Å²) in [7, 11) is 2.40. The molecule has 3 rings (SSSR count). The van der Waals surface area contributed by atoms with E-state index in [0.29, 0.717) is 30.7 Å². The lowest BCUT2D eigenvalue weighted by molar-refractivity contribution is -0.947. The van der Waals surface area contributed by atoms with Gasteiger partial charge >= 0.3 is 5.97 Å². The molecule has 4 nitrogen and oxygen atoms in total. The highest BCUT2D eigenvalue weighted by atomic mass is 16.5. The van der Waals surface area contributed by atoms with E-state index in [1.54, 1.807) is 12.1 Å². The van der Waals surface area contributed by atoms with Gasteiger partial charge in [0, 0.05) is 12.3 Å². The Bertz CT molecular complexity index is 567. The molecule has 0 radical (unpaired) electrons. The second-order valence-corrected chi connectivity index (χ2v) is 7.86. The number of carbonyl (C=O) groups excluding carboxylic acids is 1.